The minimum absolute atomic E-state index is 0.0864. The Balaban J connectivity index is 1.39. The van der Waals surface area contributed by atoms with E-state index in [1.54, 1.807) is 49.9 Å². The van der Waals surface area contributed by atoms with Crippen molar-refractivity contribution in [2.24, 2.45) is 0 Å². The number of hydrogen-bond acceptors (Lipinski definition) is 8. The number of halogens is 1. The summed E-state index contributed by atoms with van der Waals surface area (Å²) in [5.41, 5.74) is 5.84. The largest absolute Gasteiger partial charge is 0.336 e. The van der Waals surface area contributed by atoms with E-state index in [0.717, 1.165) is 11.6 Å². The molecule has 0 aliphatic rings. The fraction of sp³-hybridized carbons (Fsp3) is 0.172. The average molecular weight is 585 g/mol. The Morgan fingerprint density at radius 2 is 1.86 bits per heavy atom. The van der Waals surface area contributed by atoms with E-state index in [1.807, 2.05) is 6.07 Å². The van der Waals surface area contributed by atoms with Crippen molar-refractivity contribution in [1.82, 2.24) is 35.1 Å². The molecule has 0 aliphatic heterocycles. The van der Waals surface area contributed by atoms with Crippen molar-refractivity contribution < 1.29 is 17.6 Å². The van der Waals surface area contributed by atoms with Crippen LogP contribution in [0.2, 0.25) is 0 Å². The minimum Gasteiger partial charge on any atom is -0.336 e. The van der Waals surface area contributed by atoms with Crippen LogP contribution in [-0.4, -0.2) is 61.5 Å². The first kappa shape index (κ1) is 27.1. The van der Waals surface area contributed by atoms with E-state index in [1.165, 1.54) is 12.1 Å². The van der Waals surface area contributed by atoms with Gasteiger partial charge in [-0.2, -0.15) is 5.10 Å². The molecule has 5 heterocycles. The molecule has 1 aromatic carbocycles. The first-order valence-electron chi connectivity index (χ1n) is 13.1. The zero-order valence-electron chi connectivity index (χ0n) is 22.6. The summed E-state index contributed by atoms with van der Waals surface area (Å²) in [5, 5.41) is 11.0. The van der Waals surface area contributed by atoms with Crippen molar-refractivity contribution in [2.75, 3.05) is 17.3 Å². The molecule has 0 aliphatic carbocycles. The molecule has 6 rings (SSSR count). The molecule has 0 atom stereocenters. The number of hydrogen-bond donors (Lipinski definition) is 3. The molecule has 13 heteroatoms. The Bertz CT molecular complexity index is 2090. The van der Waals surface area contributed by atoms with E-state index in [4.69, 9.17) is 4.98 Å². The molecule has 1 amide bonds. The standard InChI is InChI=1S/C29H25FN8O3S/c1-3-25(39)34-20-11-18(13-31-14-20)23-12-21-24(15-33-23)37-38-27(21)29-35-22-4-6-32-26(28(22)36-29)17-8-16(9-19(30)10-17)5-7-42(2,40)41/h4,6,8-15H,3,5,7H2,1-2H3,(H,34,39)(H,35,36)(H,37,38). The van der Waals surface area contributed by atoms with Crippen molar-refractivity contribution in [3.05, 3.63) is 72.6 Å². The maximum absolute atomic E-state index is 14.6. The van der Waals surface area contributed by atoms with Crippen LogP contribution in [0.3, 0.4) is 0 Å². The molecule has 212 valence electrons. The van der Waals surface area contributed by atoms with Gasteiger partial charge >= 0.3 is 0 Å². The number of anilines is 1. The lowest BCUT2D eigenvalue weighted by atomic mass is 10.0. The lowest BCUT2D eigenvalue weighted by Crippen LogP contribution is -2.09. The molecule has 0 spiro atoms. The summed E-state index contributed by atoms with van der Waals surface area (Å²) in [7, 11) is -3.21. The summed E-state index contributed by atoms with van der Waals surface area (Å²) < 4.78 is 37.9. The molecule has 0 bridgehead atoms. The number of benzene rings is 1. The summed E-state index contributed by atoms with van der Waals surface area (Å²) in [4.78, 5) is 33.1. The number of imidazole rings is 1. The van der Waals surface area contributed by atoms with E-state index in [-0.39, 0.29) is 18.1 Å². The summed E-state index contributed by atoms with van der Waals surface area (Å²) in [6.07, 6.45) is 8.19. The number of aryl methyl sites for hydroxylation is 1. The molecule has 42 heavy (non-hydrogen) atoms. The van der Waals surface area contributed by atoms with E-state index in [9.17, 15) is 17.6 Å². The normalized spacial score (nSPS) is 11.8. The van der Waals surface area contributed by atoms with Crippen molar-refractivity contribution in [3.8, 4) is 34.0 Å². The highest BCUT2D eigenvalue weighted by Gasteiger charge is 2.18. The number of carbonyl (C=O) groups is 1. The third-order valence-corrected chi connectivity index (χ3v) is 7.65. The predicted octanol–water partition coefficient (Wildman–Crippen LogP) is 4.70. The Labute approximate surface area is 239 Å². The van der Waals surface area contributed by atoms with Gasteiger partial charge in [0.25, 0.3) is 0 Å². The van der Waals surface area contributed by atoms with Gasteiger partial charge in [0.2, 0.25) is 5.91 Å². The Hall–Kier alpha value is -5.04. The number of aromatic amines is 2. The van der Waals surface area contributed by atoms with Crippen LogP contribution < -0.4 is 5.32 Å². The zero-order chi connectivity index (χ0) is 29.4. The topological polar surface area (TPSA) is 159 Å². The third kappa shape index (κ3) is 5.59. The molecular formula is C29H25FN8O3S. The number of nitrogens with zero attached hydrogens (tertiary/aromatic N) is 5. The lowest BCUT2D eigenvalue weighted by molar-refractivity contribution is -0.115. The van der Waals surface area contributed by atoms with Gasteiger partial charge in [-0.25, -0.2) is 17.8 Å². The summed E-state index contributed by atoms with van der Waals surface area (Å²) >= 11 is 0. The van der Waals surface area contributed by atoms with Crippen molar-refractivity contribution in [2.45, 2.75) is 19.8 Å². The summed E-state index contributed by atoms with van der Waals surface area (Å²) in [5.74, 6) is -0.219. The number of pyridine rings is 3. The number of fused-ring (bicyclic) bond motifs is 2. The van der Waals surface area contributed by atoms with E-state index in [2.05, 4.69) is 35.5 Å². The fourth-order valence-electron chi connectivity index (χ4n) is 4.65. The number of aromatic nitrogens is 7. The molecule has 0 saturated carbocycles. The second kappa shape index (κ2) is 10.7. The highest BCUT2D eigenvalue weighted by Crippen LogP contribution is 2.32. The lowest BCUT2D eigenvalue weighted by Gasteiger charge is -2.06. The molecule has 0 fully saturated rings. The molecular weight excluding hydrogens is 559 g/mol. The van der Waals surface area contributed by atoms with Gasteiger partial charge in [0.15, 0.2) is 5.82 Å². The van der Waals surface area contributed by atoms with Gasteiger partial charge in [-0.1, -0.05) is 6.92 Å². The minimum atomic E-state index is -3.21. The van der Waals surface area contributed by atoms with Gasteiger partial charge in [-0.3, -0.25) is 24.8 Å². The Morgan fingerprint density at radius 3 is 2.67 bits per heavy atom. The van der Waals surface area contributed by atoms with Crippen LogP contribution in [0, 0.1) is 5.82 Å². The van der Waals surface area contributed by atoms with Crippen LogP contribution in [0.25, 0.3) is 56.0 Å². The van der Waals surface area contributed by atoms with E-state index >= 15 is 0 Å². The third-order valence-electron chi connectivity index (χ3n) is 6.70. The van der Waals surface area contributed by atoms with Gasteiger partial charge in [-0.15, -0.1) is 0 Å². The van der Waals surface area contributed by atoms with Crippen LogP contribution in [0.4, 0.5) is 10.1 Å². The molecule has 5 aromatic heterocycles. The van der Waals surface area contributed by atoms with Crippen molar-refractivity contribution in [3.63, 3.8) is 0 Å². The fourth-order valence-corrected chi connectivity index (χ4v) is 5.25. The molecule has 11 nitrogen and oxygen atoms in total. The van der Waals surface area contributed by atoms with Gasteiger partial charge in [0, 0.05) is 41.6 Å². The van der Waals surface area contributed by atoms with E-state index < -0.39 is 15.7 Å². The van der Waals surface area contributed by atoms with Crippen molar-refractivity contribution >= 4 is 43.4 Å². The predicted molar refractivity (Wildman–Crippen MR) is 158 cm³/mol. The number of H-pyrrole nitrogens is 2. The first-order valence-corrected chi connectivity index (χ1v) is 15.1. The highest BCUT2D eigenvalue weighted by atomic mass is 32.2. The van der Waals surface area contributed by atoms with Crippen LogP contribution >= 0.6 is 0 Å². The van der Waals surface area contributed by atoms with Crippen LogP contribution in [0.1, 0.15) is 18.9 Å². The second-order valence-corrected chi connectivity index (χ2v) is 12.2. The molecule has 0 unspecified atom stereocenters. The monoisotopic (exact) mass is 584 g/mol. The number of sulfone groups is 1. The van der Waals surface area contributed by atoms with E-state index in [0.29, 0.717) is 68.3 Å². The number of carbonyl (C=O) groups excluding carboxylic acids is 1. The first-order chi connectivity index (χ1) is 20.2. The average Bonchev–Trinajstić information content (AvgIpc) is 3.59. The Morgan fingerprint density at radius 1 is 1.00 bits per heavy atom. The smallest absolute Gasteiger partial charge is 0.224 e. The van der Waals surface area contributed by atoms with Crippen LogP contribution in [0.15, 0.2) is 61.2 Å². The second-order valence-electron chi connectivity index (χ2n) is 9.92. The van der Waals surface area contributed by atoms with Gasteiger partial charge in [0.05, 0.1) is 46.3 Å². The maximum atomic E-state index is 14.6. The van der Waals surface area contributed by atoms with Gasteiger partial charge in [-0.05, 0) is 48.4 Å². The summed E-state index contributed by atoms with van der Waals surface area (Å²) in [6, 6.07) is 9.85. The number of nitrogens with one attached hydrogen (secondary N) is 3. The molecule has 6 aromatic rings. The maximum Gasteiger partial charge on any atom is 0.224 e. The van der Waals surface area contributed by atoms with Gasteiger partial charge < -0.3 is 10.3 Å². The Kier molecular flexibility index (Phi) is 6.94. The molecule has 0 saturated heterocycles. The van der Waals surface area contributed by atoms with Crippen molar-refractivity contribution in [1.29, 1.82) is 0 Å². The highest BCUT2D eigenvalue weighted by molar-refractivity contribution is 7.90. The van der Waals surface area contributed by atoms with Gasteiger partial charge in [0.1, 0.15) is 26.9 Å². The SMILES string of the molecule is CCC(=O)Nc1cncc(-c2cc3c(-c4nc5c(-c6cc(F)cc(CCS(C)(=O)=O)c6)nccc5[nH]4)n[nH]c3cn2)c1. The zero-order valence-corrected chi connectivity index (χ0v) is 23.5. The number of amides is 1. The molecule has 0 radical (unpaired) electrons. The summed E-state index contributed by atoms with van der Waals surface area (Å²) in [6.45, 7) is 1.77. The van der Waals surface area contributed by atoms with Crippen LogP contribution in [-0.2, 0) is 21.1 Å². The molecule has 3 N–H and O–H groups in total. The van der Waals surface area contributed by atoms with Crippen LogP contribution in [0.5, 0.6) is 0 Å². The quantitative estimate of drug-likeness (QED) is 0.232. The number of rotatable bonds is 8.